The summed E-state index contributed by atoms with van der Waals surface area (Å²) in [6.45, 7) is 7.27. The van der Waals surface area contributed by atoms with Gasteiger partial charge in [0.05, 0.1) is 31.8 Å². The Balaban J connectivity index is 2.02. The van der Waals surface area contributed by atoms with Crippen LogP contribution in [-0.2, 0) is 12.8 Å². The molecule has 0 saturated carbocycles. The van der Waals surface area contributed by atoms with Crippen LogP contribution < -0.4 is 4.74 Å². The molecule has 0 saturated heterocycles. The van der Waals surface area contributed by atoms with Gasteiger partial charge in [-0.05, 0) is 32.4 Å². The predicted molar refractivity (Wildman–Crippen MR) is 94.1 cm³/mol. The average molecular weight is 338 g/mol. The fraction of sp³-hybridized carbons (Fsp3) is 0.684. The molecule has 136 valence electrons. The van der Waals surface area contributed by atoms with Gasteiger partial charge in [0.2, 0.25) is 0 Å². The van der Waals surface area contributed by atoms with Gasteiger partial charge in [-0.2, -0.15) is 0 Å². The highest BCUT2D eigenvalue weighted by atomic mass is 16.5. The minimum atomic E-state index is -0.760. The van der Waals surface area contributed by atoms with E-state index in [1.54, 1.807) is 0 Å². The van der Waals surface area contributed by atoms with Crippen molar-refractivity contribution in [2.24, 2.45) is 0 Å². The third-order valence-corrected chi connectivity index (χ3v) is 5.43. The van der Waals surface area contributed by atoms with Crippen molar-refractivity contribution in [3.8, 4) is 5.75 Å². The minimum absolute atomic E-state index is 0.0349. The molecule has 0 heterocycles. The van der Waals surface area contributed by atoms with E-state index in [0.29, 0.717) is 29.6 Å². The molecule has 24 heavy (non-hydrogen) atoms. The van der Waals surface area contributed by atoms with Crippen molar-refractivity contribution >= 4 is 0 Å². The van der Waals surface area contributed by atoms with Crippen LogP contribution in [0.1, 0.15) is 31.9 Å². The zero-order valence-electron chi connectivity index (χ0n) is 15.5. The summed E-state index contributed by atoms with van der Waals surface area (Å²) in [6.07, 6.45) is -1.24. The van der Waals surface area contributed by atoms with Crippen molar-refractivity contribution in [2.75, 3.05) is 27.2 Å². The standard InChI is InChI=1S/C19H32NO4/c1-19(2,3)20(4,5)11-14(21)12-24-18-8-6-7-13-9-16(22)17(23)10-15(13)18/h6-8,14,16-17,21-23H,9-12H2,1-5H3/q+1/t14?,16-,17+/m1/s1. The van der Waals surface area contributed by atoms with Crippen molar-refractivity contribution in [3.05, 3.63) is 29.3 Å². The van der Waals surface area contributed by atoms with E-state index in [1.807, 2.05) is 18.2 Å². The highest BCUT2D eigenvalue weighted by Gasteiger charge is 2.34. The van der Waals surface area contributed by atoms with Crippen LogP contribution in [0.15, 0.2) is 18.2 Å². The third kappa shape index (κ3) is 4.28. The van der Waals surface area contributed by atoms with Gasteiger partial charge < -0.3 is 24.5 Å². The van der Waals surface area contributed by atoms with Crippen LogP contribution in [0, 0.1) is 0 Å². The van der Waals surface area contributed by atoms with E-state index in [-0.39, 0.29) is 12.1 Å². The number of ether oxygens (including phenoxy) is 1. The van der Waals surface area contributed by atoms with Crippen molar-refractivity contribution < 1.29 is 24.5 Å². The maximum absolute atomic E-state index is 10.4. The van der Waals surface area contributed by atoms with E-state index in [1.165, 1.54) is 0 Å². The Morgan fingerprint density at radius 1 is 1.17 bits per heavy atom. The molecule has 1 aliphatic carbocycles. The van der Waals surface area contributed by atoms with Crippen molar-refractivity contribution in [2.45, 2.75) is 57.5 Å². The maximum atomic E-state index is 10.4. The molecule has 3 N–H and O–H groups in total. The topological polar surface area (TPSA) is 69.9 Å². The predicted octanol–water partition coefficient (Wildman–Crippen LogP) is 1.12. The molecule has 2 rings (SSSR count). The van der Waals surface area contributed by atoms with E-state index in [2.05, 4.69) is 34.9 Å². The molecule has 0 amide bonds. The summed E-state index contributed by atoms with van der Waals surface area (Å²) in [5.74, 6) is 0.693. The lowest BCUT2D eigenvalue weighted by molar-refractivity contribution is -0.938. The molecule has 1 aromatic carbocycles. The van der Waals surface area contributed by atoms with Gasteiger partial charge >= 0.3 is 0 Å². The lowest BCUT2D eigenvalue weighted by atomic mass is 9.87. The number of likely N-dealkylation sites (N-methyl/N-ethyl adjacent to an activating group) is 1. The van der Waals surface area contributed by atoms with Gasteiger partial charge in [-0.1, -0.05) is 12.1 Å². The SMILES string of the molecule is CC(C)(C)[N+](C)(C)CC(O)COc1cccc2c1C[C@H](O)[C@H](O)C2. The molecular weight excluding hydrogens is 306 g/mol. The summed E-state index contributed by atoms with van der Waals surface area (Å²) in [5, 5.41) is 30.1. The third-order valence-electron chi connectivity index (χ3n) is 5.43. The van der Waals surface area contributed by atoms with E-state index in [9.17, 15) is 15.3 Å². The second-order valence-corrected chi connectivity index (χ2v) is 8.44. The van der Waals surface area contributed by atoms with Crippen LogP contribution in [-0.4, -0.2) is 70.9 Å². The summed E-state index contributed by atoms with van der Waals surface area (Å²) in [6, 6.07) is 5.70. The molecule has 1 unspecified atom stereocenters. The number of nitrogens with zero attached hydrogens (tertiary/aromatic N) is 1. The molecule has 0 aliphatic heterocycles. The summed E-state index contributed by atoms with van der Waals surface area (Å²) in [5.41, 5.74) is 1.98. The highest BCUT2D eigenvalue weighted by Crippen LogP contribution is 2.30. The molecule has 5 heteroatoms. The van der Waals surface area contributed by atoms with Crippen LogP contribution in [0.2, 0.25) is 0 Å². The molecule has 3 atom stereocenters. The van der Waals surface area contributed by atoms with Gasteiger partial charge in [-0.3, -0.25) is 0 Å². The number of aliphatic hydroxyl groups excluding tert-OH is 3. The largest absolute Gasteiger partial charge is 0.490 e. The highest BCUT2D eigenvalue weighted by molar-refractivity contribution is 5.43. The van der Waals surface area contributed by atoms with Crippen molar-refractivity contribution in [1.82, 2.24) is 0 Å². The first kappa shape index (κ1) is 19.2. The molecule has 5 nitrogen and oxygen atoms in total. The first-order chi connectivity index (χ1) is 11.0. The monoisotopic (exact) mass is 338 g/mol. The van der Waals surface area contributed by atoms with Crippen LogP contribution in [0.4, 0.5) is 0 Å². The van der Waals surface area contributed by atoms with Crippen LogP contribution in [0.25, 0.3) is 0 Å². The summed E-state index contributed by atoms with van der Waals surface area (Å²) < 4.78 is 6.55. The van der Waals surface area contributed by atoms with E-state index < -0.39 is 18.3 Å². The Labute approximate surface area is 145 Å². The molecule has 0 radical (unpaired) electrons. The Morgan fingerprint density at radius 3 is 2.42 bits per heavy atom. The lowest BCUT2D eigenvalue weighted by Crippen LogP contribution is -2.58. The Bertz CT molecular complexity index is 565. The number of rotatable bonds is 5. The first-order valence-corrected chi connectivity index (χ1v) is 8.62. The van der Waals surface area contributed by atoms with Crippen LogP contribution in [0.3, 0.4) is 0 Å². The summed E-state index contributed by atoms with van der Waals surface area (Å²) >= 11 is 0. The van der Waals surface area contributed by atoms with Gasteiger partial charge in [-0.25, -0.2) is 0 Å². The number of hydrogen-bond acceptors (Lipinski definition) is 4. The quantitative estimate of drug-likeness (QED) is 0.704. The van der Waals surface area contributed by atoms with E-state index in [4.69, 9.17) is 4.74 Å². The van der Waals surface area contributed by atoms with E-state index in [0.717, 1.165) is 11.1 Å². The van der Waals surface area contributed by atoms with Crippen LogP contribution in [0.5, 0.6) is 5.75 Å². The number of quaternary nitrogens is 1. The number of fused-ring (bicyclic) bond motifs is 1. The molecule has 0 fully saturated rings. The summed E-state index contributed by atoms with van der Waals surface area (Å²) in [4.78, 5) is 0. The molecule has 0 bridgehead atoms. The molecule has 0 aromatic heterocycles. The number of benzene rings is 1. The molecular formula is C19H32NO4+. The van der Waals surface area contributed by atoms with E-state index >= 15 is 0 Å². The maximum Gasteiger partial charge on any atom is 0.137 e. The number of hydrogen-bond donors (Lipinski definition) is 3. The molecule has 0 spiro atoms. The Kier molecular flexibility index (Phi) is 5.60. The smallest absolute Gasteiger partial charge is 0.137 e. The van der Waals surface area contributed by atoms with Gasteiger partial charge in [0, 0.05) is 18.4 Å². The Hall–Kier alpha value is -1.14. The normalized spacial score (nSPS) is 22.8. The fourth-order valence-electron chi connectivity index (χ4n) is 2.92. The Morgan fingerprint density at radius 2 is 1.79 bits per heavy atom. The molecule has 1 aliphatic rings. The second kappa shape index (κ2) is 7.00. The zero-order chi connectivity index (χ0) is 18.1. The number of aliphatic hydroxyl groups is 3. The van der Waals surface area contributed by atoms with Gasteiger partial charge in [0.15, 0.2) is 0 Å². The summed E-state index contributed by atoms with van der Waals surface area (Å²) in [7, 11) is 4.21. The van der Waals surface area contributed by atoms with Crippen molar-refractivity contribution in [3.63, 3.8) is 0 Å². The first-order valence-electron chi connectivity index (χ1n) is 8.62. The fourth-order valence-corrected chi connectivity index (χ4v) is 2.92. The van der Waals surface area contributed by atoms with Gasteiger partial charge in [0.25, 0.3) is 0 Å². The minimum Gasteiger partial charge on any atom is -0.490 e. The lowest BCUT2D eigenvalue weighted by Gasteiger charge is -2.43. The van der Waals surface area contributed by atoms with Crippen LogP contribution >= 0.6 is 0 Å². The van der Waals surface area contributed by atoms with Crippen molar-refractivity contribution in [1.29, 1.82) is 0 Å². The average Bonchev–Trinajstić information content (AvgIpc) is 2.44. The second-order valence-electron chi connectivity index (χ2n) is 8.44. The molecule has 1 aromatic rings. The zero-order valence-corrected chi connectivity index (χ0v) is 15.5. The van der Waals surface area contributed by atoms with Gasteiger partial charge in [0.1, 0.15) is 25.0 Å². The van der Waals surface area contributed by atoms with Gasteiger partial charge in [-0.15, -0.1) is 0 Å².